The van der Waals surface area contributed by atoms with Crippen LogP contribution in [0.1, 0.15) is 62.1 Å². The molecular weight excluding hydrogens is 444 g/mol. The zero-order chi connectivity index (χ0) is 24.3. The topological polar surface area (TPSA) is 58.6 Å². The number of hydrogen-bond donors (Lipinski definition) is 1. The fourth-order valence-corrected chi connectivity index (χ4v) is 5.29. The highest BCUT2D eigenvalue weighted by Crippen LogP contribution is 2.21. The van der Waals surface area contributed by atoms with Crippen LogP contribution in [0.5, 0.6) is 5.75 Å². The molecule has 0 aromatic heterocycles. The largest absolute Gasteiger partial charge is 0.497 e. The van der Waals surface area contributed by atoms with Crippen molar-refractivity contribution in [1.29, 1.82) is 0 Å². The average molecular weight is 483 g/mol. The van der Waals surface area contributed by atoms with Gasteiger partial charge in [0.1, 0.15) is 11.8 Å². The highest BCUT2D eigenvalue weighted by atomic mass is 32.2. The summed E-state index contributed by atoms with van der Waals surface area (Å²) in [6, 6.07) is 15.9. The van der Waals surface area contributed by atoms with Gasteiger partial charge in [-0.15, -0.1) is 11.8 Å². The number of rotatable bonds is 11. The SMILES string of the molecule is CCC(C(=O)NC1CCCCC1)N(Cc1ccc(OC)cc1)C(=O)CSCc1ccc(C)cc1. The van der Waals surface area contributed by atoms with E-state index in [1.807, 2.05) is 31.2 Å². The number of ether oxygens (including phenoxy) is 1. The predicted molar refractivity (Wildman–Crippen MR) is 140 cm³/mol. The van der Waals surface area contributed by atoms with Gasteiger partial charge < -0.3 is 15.0 Å². The average Bonchev–Trinajstić information content (AvgIpc) is 2.86. The molecule has 1 N–H and O–H groups in total. The molecule has 1 saturated carbocycles. The van der Waals surface area contributed by atoms with Gasteiger partial charge in [-0.3, -0.25) is 9.59 Å². The molecule has 6 heteroatoms. The van der Waals surface area contributed by atoms with E-state index >= 15 is 0 Å². The lowest BCUT2D eigenvalue weighted by molar-refractivity contribution is -0.139. The zero-order valence-corrected chi connectivity index (χ0v) is 21.5. The summed E-state index contributed by atoms with van der Waals surface area (Å²) in [6.07, 6.45) is 6.20. The van der Waals surface area contributed by atoms with E-state index in [-0.39, 0.29) is 17.9 Å². The van der Waals surface area contributed by atoms with Crippen molar-refractivity contribution in [2.75, 3.05) is 12.9 Å². The number of carbonyl (C=O) groups is 2. The second kappa shape index (κ2) is 13.4. The Balaban J connectivity index is 1.69. The fraction of sp³-hybridized carbons (Fsp3) is 0.500. The molecule has 34 heavy (non-hydrogen) atoms. The van der Waals surface area contributed by atoms with Gasteiger partial charge in [0.05, 0.1) is 12.9 Å². The van der Waals surface area contributed by atoms with Crippen LogP contribution in [-0.4, -0.2) is 41.7 Å². The van der Waals surface area contributed by atoms with Crippen LogP contribution in [0.2, 0.25) is 0 Å². The highest BCUT2D eigenvalue weighted by molar-refractivity contribution is 7.99. The Hall–Kier alpha value is -2.47. The molecule has 1 fully saturated rings. The van der Waals surface area contributed by atoms with Crippen molar-refractivity contribution in [3.63, 3.8) is 0 Å². The molecule has 1 aliphatic rings. The first-order valence-electron chi connectivity index (χ1n) is 12.4. The lowest BCUT2D eigenvalue weighted by Crippen LogP contribution is -2.52. The summed E-state index contributed by atoms with van der Waals surface area (Å²) in [5, 5.41) is 3.24. The lowest BCUT2D eigenvalue weighted by atomic mass is 9.95. The number of hydrogen-bond acceptors (Lipinski definition) is 4. The number of methoxy groups -OCH3 is 1. The molecule has 0 heterocycles. The Morgan fingerprint density at radius 3 is 2.29 bits per heavy atom. The minimum Gasteiger partial charge on any atom is -0.497 e. The van der Waals surface area contributed by atoms with Gasteiger partial charge in [-0.2, -0.15) is 0 Å². The third-order valence-electron chi connectivity index (χ3n) is 6.46. The number of nitrogens with zero attached hydrogens (tertiary/aromatic N) is 1. The molecule has 3 rings (SSSR count). The molecule has 1 unspecified atom stereocenters. The zero-order valence-electron chi connectivity index (χ0n) is 20.7. The van der Waals surface area contributed by atoms with E-state index in [4.69, 9.17) is 4.74 Å². The molecule has 1 aliphatic carbocycles. The normalized spacial score (nSPS) is 14.9. The maximum Gasteiger partial charge on any atom is 0.243 e. The highest BCUT2D eigenvalue weighted by Gasteiger charge is 2.30. The Morgan fingerprint density at radius 1 is 1.03 bits per heavy atom. The van der Waals surface area contributed by atoms with Gasteiger partial charge in [-0.25, -0.2) is 0 Å². The Labute approximate surface area is 208 Å². The molecule has 1 atom stereocenters. The molecule has 0 radical (unpaired) electrons. The summed E-state index contributed by atoms with van der Waals surface area (Å²) in [4.78, 5) is 28.5. The van der Waals surface area contributed by atoms with Crippen LogP contribution in [0.15, 0.2) is 48.5 Å². The van der Waals surface area contributed by atoms with E-state index in [9.17, 15) is 9.59 Å². The van der Waals surface area contributed by atoms with Crippen molar-refractivity contribution in [1.82, 2.24) is 10.2 Å². The number of aryl methyl sites for hydroxylation is 1. The van der Waals surface area contributed by atoms with Gasteiger partial charge in [-0.05, 0) is 49.4 Å². The Bertz CT molecular complexity index is 908. The van der Waals surface area contributed by atoms with Gasteiger partial charge in [0, 0.05) is 18.3 Å². The molecular formula is C28H38N2O3S. The molecule has 0 saturated heterocycles. The lowest BCUT2D eigenvalue weighted by Gasteiger charge is -2.32. The smallest absolute Gasteiger partial charge is 0.243 e. The standard InChI is InChI=1S/C28H38N2O3S/c1-4-26(28(32)29-24-8-6-5-7-9-24)30(18-22-14-16-25(33-3)17-15-22)27(31)20-34-19-23-12-10-21(2)11-13-23/h10-17,24,26H,4-9,18-20H2,1-3H3,(H,29,32). The van der Waals surface area contributed by atoms with Crippen LogP contribution in [0.3, 0.4) is 0 Å². The number of thioether (sulfide) groups is 1. The fourth-order valence-electron chi connectivity index (χ4n) is 4.41. The summed E-state index contributed by atoms with van der Waals surface area (Å²) in [7, 11) is 1.64. The first-order chi connectivity index (χ1) is 16.5. The third-order valence-corrected chi connectivity index (χ3v) is 7.45. The second-order valence-corrected chi connectivity index (χ2v) is 10.1. The second-order valence-electron chi connectivity index (χ2n) is 9.12. The van der Waals surface area contributed by atoms with Crippen molar-refractivity contribution in [2.24, 2.45) is 0 Å². The van der Waals surface area contributed by atoms with E-state index in [1.165, 1.54) is 17.5 Å². The van der Waals surface area contributed by atoms with Gasteiger partial charge in [0.2, 0.25) is 11.8 Å². The van der Waals surface area contributed by atoms with E-state index in [0.29, 0.717) is 18.7 Å². The summed E-state index contributed by atoms with van der Waals surface area (Å²) >= 11 is 1.60. The van der Waals surface area contributed by atoms with Crippen LogP contribution in [0.25, 0.3) is 0 Å². The monoisotopic (exact) mass is 482 g/mol. The van der Waals surface area contributed by atoms with E-state index in [1.54, 1.807) is 23.8 Å². The number of benzene rings is 2. The van der Waals surface area contributed by atoms with Crippen LogP contribution in [-0.2, 0) is 21.9 Å². The van der Waals surface area contributed by atoms with Crippen molar-refractivity contribution in [3.05, 3.63) is 65.2 Å². The van der Waals surface area contributed by atoms with E-state index < -0.39 is 6.04 Å². The molecule has 2 amide bonds. The minimum atomic E-state index is -0.475. The maximum atomic E-state index is 13.4. The molecule has 0 spiro atoms. The Morgan fingerprint density at radius 2 is 1.68 bits per heavy atom. The first-order valence-corrected chi connectivity index (χ1v) is 13.5. The number of amides is 2. The summed E-state index contributed by atoms with van der Waals surface area (Å²) in [5.74, 6) is 1.86. The summed E-state index contributed by atoms with van der Waals surface area (Å²) < 4.78 is 5.27. The van der Waals surface area contributed by atoms with Crippen molar-refractivity contribution < 1.29 is 14.3 Å². The molecule has 5 nitrogen and oxygen atoms in total. The van der Waals surface area contributed by atoms with Crippen molar-refractivity contribution >= 4 is 23.6 Å². The van der Waals surface area contributed by atoms with E-state index in [2.05, 4.69) is 36.5 Å². The van der Waals surface area contributed by atoms with E-state index in [0.717, 1.165) is 42.7 Å². The van der Waals surface area contributed by atoms with Crippen LogP contribution >= 0.6 is 11.8 Å². The molecule has 0 bridgehead atoms. The maximum absolute atomic E-state index is 13.4. The van der Waals surface area contributed by atoms with Gasteiger partial charge in [-0.1, -0.05) is 68.1 Å². The predicted octanol–water partition coefficient (Wildman–Crippen LogP) is 5.49. The first kappa shape index (κ1) is 26.1. The summed E-state index contributed by atoms with van der Waals surface area (Å²) in [5.41, 5.74) is 3.42. The quantitative estimate of drug-likeness (QED) is 0.460. The molecule has 184 valence electrons. The van der Waals surface area contributed by atoms with Crippen LogP contribution < -0.4 is 10.1 Å². The summed E-state index contributed by atoms with van der Waals surface area (Å²) in [6.45, 7) is 4.46. The van der Waals surface area contributed by atoms with Crippen molar-refractivity contribution in [3.8, 4) is 5.75 Å². The van der Waals surface area contributed by atoms with Crippen LogP contribution in [0, 0.1) is 6.92 Å². The molecule has 0 aliphatic heterocycles. The Kier molecular flexibility index (Phi) is 10.3. The number of nitrogens with one attached hydrogen (secondary N) is 1. The molecule has 2 aromatic rings. The van der Waals surface area contributed by atoms with Crippen LogP contribution in [0.4, 0.5) is 0 Å². The minimum absolute atomic E-state index is 0.00132. The van der Waals surface area contributed by atoms with Crippen molar-refractivity contribution in [2.45, 2.75) is 76.8 Å². The van der Waals surface area contributed by atoms with Gasteiger partial charge in [0.15, 0.2) is 0 Å². The van der Waals surface area contributed by atoms with Gasteiger partial charge >= 0.3 is 0 Å². The third kappa shape index (κ3) is 7.79. The number of carbonyl (C=O) groups excluding carboxylic acids is 2. The molecule has 2 aromatic carbocycles. The van der Waals surface area contributed by atoms with Gasteiger partial charge in [0.25, 0.3) is 0 Å².